The molecule has 3 amide bonds. The van der Waals surface area contributed by atoms with Crippen molar-refractivity contribution >= 4 is 29.2 Å². The number of amides is 3. The number of likely N-dealkylation sites (N-methyl/N-ethyl adjacent to an activating group) is 1. The first-order valence-electron chi connectivity index (χ1n) is 8.90. The number of esters is 1. The summed E-state index contributed by atoms with van der Waals surface area (Å²) in [6.45, 7) is 4.28. The number of carbonyl (C=O) groups excluding carboxylic acids is 3. The highest BCUT2D eigenvalue weighted by molar-refractivity contribution is 7.07. The van der Waals surface area contributed by atoms with Crippen molar-refractivity contribution in [1.29, 1.82) is 0 Å². The van der Waals surface area contributed by atoms with Crippen LogP contribution < -0.4 is 10.6 Å². The number of nitrogens with zero attached hydrogens (tertiary/aromatic N) is 1. The van der Waals surface area contributed by atoms with Gasteiger partial charge in [-0.25, -0.2) is 9.59 Å². The second-order valence-electron chi connectivity index (χ2n) is 6.64. The van der Waals surface area contributed by atoms with Gasteiger partial charge >= 0.3 is 12.0 Å². The average Bonchev–Trinajstić information content (AvgIpc) is 3.17. The van der Waals surface area contributed by atoms with Crippen LogP contribution in [0.15, 0.2) is 41.1 Å². The number of rotatable bonds is 8. The van der Waals surface area contributed by atoms with Crippen molar-refractivity contribution in [3.63, 3.8) is 0 Å². The molecule has 0 saturated heterocycles. The maximum absolute atomic E-state index is 12.1. The molecule has 2 aromatic rings. The van der Waals surface area contributed by atoms with E-state index in [9.17, 15) is 14.4 Å². The number of benzene rings is 1. The summed E-state index contributed by atoms with van der Waals surface area (Å²) in [4.78, 5) is 37.3. The Balaban J connectivity index is 1.77. The summed E-state index contributed by atoms with van der Waals surface area (Å²) in [5, 5.41) is 9.39. The van der Waals surface area contributed by atoms with Gasteiger partial charge < -0.3 is 20.3 Å². The summed E-state index contributed by atoms with van der Waals surface area (Å²) >= 11 is 1.57. The lowest BCUT2D eigenvalue weighted by Crippen LogP contribution is -2.39. The molecule has 0 spiro atoms. The lowest BCUT2D eigenvalue weighted by molar-refractivity contribution is -0.133. The van der Waals surface area contributed by atoms with Crippen molar-refractivity contribution in [2.24, 2.45) is 0 Å². The Morgan fingerprint density at radius 2 is 1.82 bits per heavy atom. The molecule has 150 valence electrons. The van der Waals surface area contributed by atoms with E-state index in [4.69, 9.17) is 4.74 Å². The maximum atomic E-state index is 12.1. The molecule has 8 heteroatoms. The molecular weight excluding hydrogens is 378 g/mol. The van der Waals surface area contributed by atoms with Gasteiger partial charge in [-0.3, -0.25) is 4.79 Å². The predicted octanol–water partition coefficient (Wildman–Crippen LogP) is 2.77. The highest BCUT2D eigenvalue weighted by atomic mass is 32.1. The highest BCUT2D eigenvalue weighted by Crippen LogP contribution is 2.09. The predicted molar refractivity (Wildman–Crippen MR) is 108 cm³/mol. The number of carbonyl (C=O) groups is 3. The minimum Gasteiger partial charge on any atom is -0.452 e. The summed E-state index contributed by atoms with van der Waals surface area (Å²) in [6, 6.07) is 8.45. The van der Waals surface area contributed by atoms with E-state index in [1.54, 1.807) is 42.6 Å². The van der Waals surface area contributed by atoms with Gasteiger partial charge in [0.2, 0.25) is 0 Å². The number of urea groups is 1. The first-order valence-corrected chi connectivity index (χ1v) is 9.85. The Labute approximate surface area is 168 Å². The van der Waals surface area contributed by atoms with Gasteiger partial charge in [-0.05, 0) is 53.9 Å². The molecule has 0 radical (unpaired) electrons. The van der Waals surface area contributed by atoms with Crippen molar-refractivity contribution in [2.75, 3.05) is 13.7 Å². The summed E-state index contributed by atoms with van der Waals surface area (Å²) < 4.78 is 5.10. The van der Waals surface area contributed by atoms with Gasteiger partial charge in [0.25, 0.3) is 5.91 Å². The number of ether oxygens (including phenoxy) is 1. The summed E-state index contributed by atoms with van der Waals surface area (Å²) in [5.74, 6) is -0.828. The van der Waals surface area contributed by atoms with Gasteiger partial charge in [0.15, 0.2) is 6.61 Å². The first-order chi connectivity index (χ1) is 13.3. The molecule has 2 N–H and O–H groups in total. The fourth-order valence-corrected chi connectivity index (χ4v) is 2.98. The topological polar surface area (TPSA) is 87.7 Å². The van der Waals surface area contributed by atoms with Crippen LogP contribution in [0.1, 0.15) is 35.3 Å². The molecule has 7 nitrogen and oxygen atoms in total. The number of thiophene rings is 1. The zero-order valence-electron chi connectivity index (χ0n) is 16.2. The molecule has 0 aliphatic carbocycles. The fourth-order valence-electron chi connectivity index (χ4n) is 2.32. The van der Waals surface area contributed by atoms with Gasteiger partial charge in [0.05, 0.1) is 5.56 Å². The monoisotopic (exact) mass is 403 g/mol. The standard InChI is InChI=1S/C20H25N3O4S/c1-14(2)22-20(26)21-10-15-4-6-17(7-5-15)19(25)27-12-18(24)23(3)11-16-8-9-28-13-16/h4-9,13-14H,10-12H2,1-3H3,(H2,21,22,26). The third-order valence-corrected chi connectivity index (χ3v) is 4.55. The van der Waals surface area contributed by atoms with Gasteiger partial charge in [-0.15, -0.1) is 0 Å². The Hall–Kier alpha value is -2.87. The molecule has 0 bridgehead atoms. The average molecular weight is 404 g/mol. The van der Waals surface area contributed by atoms with Crippen LogP contribution in [0.5, 0.6) is 0 Å². The van der Waals surface area contributed by atoms with Crippen LogP contribution in [0.4, 0.5) is 4.79 Å². The van der Waals surface area contributed by atoms with Gasteiger partial charge in [0, 0.05) is 26.2 Å². The molecule has 0 unspecified atom stereocenters. The molecule has 28 heavy (non-hydrogen) atoms. The second kappa shape index (κ2) is 10.5. The molecule has 1 heterocycles. The summed E-state index contributed by atoms with van der Waals surface area (Å²) in [6.07, 6.45) is 0. The van der Waals surface area contributed by atoms with Crippen LogP contribution in [0, 0.1) is 0 Å². The molecule has 2 rings (SSSR count). The summed E-state index contributed by atoms with van der Waals surface area (Å²) in [5.41, 5.74) is 2.24. The molecule has 0 aliphatic rings. The molecule has 0 aliphatic heterocycles. The Kier molecular flexibility index (Phi) is 8.01. The van der Waals surface area contributed by atoms with Crippen molar-refractivity contribution in [3.8, 4) is 0 Å². The zero-order valence-corrected chi connectivity index (χ0v) is 17.0. The second-order valence-corrected chi connectivity index (χ2v) is 7.42. The van der Waals surface area contributed by atoms with Crippen LogP contribution in [0.3, 0.4) is 0 Å². The van der Waals surface area contributed by atoms with Gasteiger partial charge in [-0.1, -0.05) is 12.1 Å². The number of hydrogen-bond acceptors (Lipinski definition) is 5. The van der Waals surface area contributed by atoms with E-state index in [1.165, 1.54) is 4.90 Å². The van der Waals surface area contributed by atoms with Crippen molar-refractivity contribution in [2.45, 2.75) is 33.0 Å². The van der Waals surface area contributed by atoms with E-state index >= 15 is 0 Å². The Morgan fingerprint density at radius 3 is 2.43 bits per heavy atom. The third kappa shape index (κ3) is 7.03. The smallest absolute Gasteiger partial charge is 0.338 e. The Bertz CT molecular complexity index is 788. The van der Waals surface area contributed by atoms with Crippen molar-refractivity contribution in [1.82, 2.24) is 15.5 Å². The van der Waals surface area contributed by atoms with E-state index < -0.39 is 5.97 Å². The molecule has 0 saturated carbocycles. The zero-order chi connectivity index (χ0) is 20.5. The number of hydrogen-bond donors (Lipinski definition) is 2. The van der Waals surface area contributed by atoms with E-state index in [-0.39, 0.29) is 24.6 Å². The SMILES string of the molecule is CC(C)NC(=O)NCc1ccc(C(=O)OCC(=O)N(C)Cc2ccsc2)cc1. The van der Waals surface area contributed by atoms with Crippen LogP contribution in [0.25, 0.3) is 0 Å². The van der Waals surface area contributed by atoms with Crippen molar-refractivity contribution in [3.05, 3.63) is 57.8 Å². The van der Waals surface area contributed by atoms with Crippen LogP contribution in [-0.2, 0) is 22.6 Å². The van der Waals surface area contributed by atoms with Crippen molar-refractivity contribution < 1.29 is 19.1 Å². The largest absolute Gasteiger partial charge is 0.452 e. The lowest BCUT2D eigenvalue weighted by Gasteiger charge is -2.16. The maximum Gasteiger partial charge on any atom is 0.338 e. The van der Waals surface area contributed by atoms with Crippen LogP contribution >= 0.6 is 11.3 Å². The van der Waals surface area contributed by atoms with Gasteiger partial charge in [0.1, 0.15) is 0 Å². The fraction of sp³-hybridized carbons (Fsp3) is 0.350. The van der Waals surface area contributed by atoms with E-state index in [1.807, 2.05) is 30.7 Å². The first kappa shape index (κ1) is 21.4. The van der Waals surface area contributed by atoms with Crippen LogP contribution in [-0.4, -0.2) is 42.5 Å². The molecule has 0 fully saturated rings. The highest BCUT2D eigenvalue weighted by Gasteiger charge is 2.14. The minimum atomic E-state index is -0.561. The molecular formula is C20H25N3O4S. The molecule has 1 aromatic carbocycles. The molecule has 0 atom stereocenters. The Morgan fingerprint density at radius 1 is 1.11 bits per heavy atom. The lowest BCUT2D eigenvalue weighted by atomic mass is 10.1. The minimum absolute atomic E-state index is 0.0594. The van der Waals surface area contributed by atoms with Gasteiger partial charge in [-0.2, -0.15) is 11.3 Å². The number of nitrogens with one attached hydrogen (secondary N) is 2. The van der Waals surface area contributed by atoms with E-state index in [0.717, 1.165) is 11.1 Å². The normalized spacial score (nSPS) is 10.4. The molecule has 1 aromatic heterocycles. The third-order valence-electron chi connectivity index (χ3n) is 3.81. The van der Waals surface area contributed by atoms with Crippen LogP contribution in [0.2, 0.25) is 0 Å². The summed E-state index contributed by atoms with van der Waals surface area (Å²) in [7, 11) is 1.67. The van der Waals surface area contributed by atoms with E-state index in [0.29, 0.717) is 18.7 Å². The van der Waals surface area contributed by atoms with E-state index in [2.05, 4.69) is 10.6 Å². The quantitative estimate of drug-likeness (QED) is 0.664.